The highest BCUT2D eigenvalue weighted by Crippen LogP contribution is 2.16. The first-order valence-corrected chi connectivity index (χ1v) is 10.6. The lowest BCUT2D eigenvalue weighted by Crippen LogP contribution is -2.41. The van der Waals surface area contributed by atoms with Gasteiger partial charge in [-0.15, -0.1) is 0 Å². The molecule has 0 saturated carbocycles. The van der Waals surface area contributed by atoms with Crippen molar-refractivity contribution in [1.82, 2.24) is 25.4 Å². The molecular weight excluding hydrogens is 354 g/mol. The van der Waals surface area contributed by atoms with Gasteiger partial charge in [0.2, 0.25) is 0 Å². The number of rotatable bonds is 8. The summed E-state index contributed by atoms with van der Waals surface area (Å²) in [4.78, 5) is 34.0. The van der Waals surface area contributed by atoms with Crippen LogP contribution in [0.5, 0.6) is 0 Å². The van der Waals surface area contributed by atoms with Crippen LogP contribution in [-0.4, -0.2) is 78.0 Å². The molecule has 28 heavy (non-hydrogen) atoms. The molecule has 0 aromatic carbocycles. The lowest BCUT2D eigenvalue weighted by atomic mass is 10.2. The van der Waals surface area contributed by atoms with Crippen molar-refractivity contribution in [1.29, 1.82) is 0 Å². The van der Waals surface area contributed by atoms with Gasteiger partial charge in [0, 0.05) is 25.2 Å². The zero-order valence-corrected chi connectivity index (χ0v) is 17.1. The molecule has 3 rings (SSSR count). The molecule has 2 atom stereocenters. The lowest BCUT2D eigenvalue weighted by molar-refractivity contribution is 0.0931. The number of hydrogen-bond acceptors (Lipinski definition) is 5. The minimum atomic E-state index is -0.217. The van der Waals surface area contributed by atoms with Gasteiger partial charge in [0.15, 0.2) is 0 Å². The van der Waals surface area contributed by atoms with E-state index in [0.717, 1.165) is 39.0 Å². The topological polar surface area (TPSA) is 77.6 Å². The van der Waals surface area contributed by atoms with Crippen LogP contribution in [0.4, 0.5) is 0 Å². The highest BCUT2D eigenvalue weighted by atomic mass is 16.2. The first-order chi connectivity index (χ1) is 13.6. The molecule has 2 aliphatic rings. The summed E-state index contributed by atoms with van der Waals surface area (Å²) < 4.78 is 0. The van der Waals surface area contributed by atoms with Gasteiger partial charge < -0.3 is 10.6 Å². The zero-order chi connectivity index (χ0) is 19.9. The summed E-state index contributed by atoms with van der Waals surface area (Å²) in [6.07, 6.45) is 4.58. The zero-order valence-electron chi connectivity index (χ0n) is 17.1. The minimum Gasteiger partial charge on any atom is -0.349 e. The number of nitrogens with one attached hydrogen (secondary N) is 2. The molecule has 2 fully saturated rings. The van der Waals surface area contributed by atoms with Crippen LogP contribution in [0.3, 0.4) is 0 Å². The Morgan fingerprint density at radius 1 is 0.929 bits per heavy atom. The predicted molar refractivity (Wildman–Crippen MR) is 109 cm³/mol. The largest absolute Gasteiger partial charge is 0.349 e. The molecule has 7 nitrogen and oxygen atoms in total. The Hall–Kier alpha value is -1.99. The quantitative estimate of drug-likeness (QED) is 0.707. The standard InChI is InChI=1S/C21H33N5O2/c1-3-25-12-6-8-16(25)14-22-20(27)18-10-5-11-19(24-18)21(28)23-15-17-9-7-13-26(17)4-2/h5,10-11,16-17H,3-4,6-9,12-15H2,1-2H3,(H,22,27)(H,23,28). The Labute approximate surface area is 167 Å². The molecule has 3 heterocycles. The summed E-state index contributed by atoms with van der Waals surface area (Å²) in [6.45, 7) is 9.75. The Balaban J connectivity index is 1.52. The smallest absolute Gasteiger partial charge is 0.269 e. The molecular formula is C21H33N5O2. The normalized spacial score (nSPS) is 23.1. The van der Waals surface area contributed by atoms with Crippen LogP contribution in [0.25, 0.3) is 0 Å². The van der Waals surface area contributed by atoms with Gasteiger partial charge in [-0.05, 0) is 64.0 Å². The molecule has 154 valence electrons. The van der Waals surface area contributed by atoms with Gasteiger partial charge in [-0.25, -0.2) is 4.98 Å². The van der Waals surface area contributed by atoms with Gasteiger partial charge >= 0.3 is 0 Å². The molecule has 1 aromatic rings. The number of amides is 2. The van der Waals surface area contributed by atoms with E-state index in [9.17, 15) is 9.59 Å². The first-order valence-electron chi connectivity index (χ1n) is 10.6. The van der Waals surface area contributed by atoms with Gasteiger partial charge in [0.1, 0.15) is 11.4 Å². The van der Waals surface area contributed by atoms with Crippen LogP contribution >= 0.6 is 0 Å². The predicted octanol–water partition coefficient (Wildman–Crippen LogP) is 1.51. The molecule has 1 aromatic heterocycles. The van der Waals surface area contributed by atoms with Crippen LogP contribution < -0.4 is 10.6 Å². The van der Waals surface area contributed by atoms with Crippen LogP contribution in [0.1, 0.15) is 60.5 Å². The summed E-state index contributed by atoms with van der Waals surface area (Å²) in [5, 5.41) is 5.96. The second kappa shape index (κ2) is 9.98. The fraction of sp³-hybridized carbons (Fsp3) is 0.667. The third kappa shape index (κ3) is 5.08. The van der Waals surface area contributed by atoms with Crippen molar-refractivity contribution in [2.24, 2.45) is 0 Å². The number of likely N-dealkylation sites (tertiary alicyclic amines) is 2. The third-order valence-corrected chi connectivity index (χ3v) is 6.02. The van der Waals surface area contributed by atoms with Crippen LogP contribution in [0, 0.1) is 0 Å². The van der Waals surface area contributed by atoms with E-state index in [4.69, 9.17) is 0 Å². The maximum Gasteiger partial charge on any atom is 0.269 e. The first kappa shape index (κ1) is 20.7. The number of aromatic nitrogens is 1. The van der Waals surface area contributed by atoms with Crippen molar-refractivity contribution >= 4 is 11.8 Å². The highest BCUT2D eigenvalue weighted by Gasteiger charge is 2.25. The molecule has 2 aliphatic heterocycles. The van der Waals surface area contributed by atoms with Gasteiger partial charge in [0.05, 0.1) is 0 Å². The fourth-order valence-electron chi connectivity index (χ4n) is 4.38. The second-order valence-corrected chi connectivity index (χ2v) is 7.68. The Morgan fingerprint density at radius 2 is 1.39 bits per heavy atom. The third-order valence-electron chi connectivity index (χ3n) is 6.02. The summed E-state index contributed by atoms with van der Waals surface area (Å²) in [5.74, 6) is -0.434. The molecule has 2 N–H and O–H groups in total. The number of pyridine rings is 1. The van der Waals surface area contributed by atoms with Gasteiger partial charge in [0.25, 0.3) is 11.8 Å². The summed E-state index contributed by atoms with van der Waals surface area (Å²) in [5.41, 5.74) is 0.592. The highest BCUT2D eigenvalue weighted by molar-refractivity contribution is 5.96. The SMILES string of the molecule is CCN1CCCC1CNC(=O)c1cccc(C(=O)NCC2CCCN2CC)n1. The number of nitrogens with zero attached hydrogens (tertiary/aromatic N) is 3. The summed E-state index contributed by atoms with van der Waals surface area (Å²) in [6, 6.07) is 5.84. The fourth-order valence-corrected chi connectivity index (χ4v) is 4.38. The number of likely N-dealkylation sites (N-methyl/N-ethyl adjacent to an activating group) is 2. The number of carbonyl (C=O) groups excluding carboxylic acids is 2. The van der Waals surface area contributed by atoms with E-state index in [0.29, 0.717) is 36.6 Å². The molecule has 0 spiro atoms. The van der Waals surface area contributed by atoms with Crippen molar-refractivity contribution in [3.8, 4) is 0 Å². The average Bonchev–Trinajstić information content (AvgIpc) is 3.38. The van der Waals surface area contributed by atoms with Gasteiger partial charge in [-0.3, -0.25) is 19.4 Å². The second-order valence-electron chi connectivity index (χ2n) is 7.68. The maximum absolute atomic E-state index is 12.5. The monoisotopic (exact) mass is 387 g/mol. The van der Waals surface area contributed by atoms with Crippen molar-refractivity contribution in [3.63, 3.8) is 0 Å². The summed E-state index contributed by atoms with van der Waals surface area (Å²) >= 11 is 0. The molecule has 0 aliphatic carbocycles. The Bertz CT molecular complexity index is 627. The Kier molecular flexibility index (Phi) is 7.39. The van der Waals surface area contributed by atoms with E-state index in [1.807, 2.05) is 0 Å². The van der Waals surface area contributed by atoms with Crippen molar-refractivity contribution in [3.05, 3.63) is 29.6 Å². The van der Waals surface area contributed by atoms with Crippen molar-refractivity contribution in [2.45, 2.75) is 51.6 Å². The van der Waals surface area contributed by atoms with Gasteiger partial charge in [-0.1, -0.05) is 19.9 Å². The van der Waals surface area contributed by atoms with E-state index < -0.39 is 0 Å². The Morgan fingerprint density at radius 3 is 1.82 bits per heavy atom. The molecule has 0 radical (unpaired) electrons. The van der Waals surface area contributed by atoms with E-state index >= 15 is 0 Å². The van der Waals surface area contributed by atoms with Crippen LogP contribution in [0.2, 0.25) is 0 Å². The number of carbonyl (C=O) groups is 2. The van der Waals surface area contributed by atoms with Crippen LogP contribution in [-0.2, 0) is 0 Å². The van der Waals surface area contributed by atoms with Crippen molar-refractivity contribution in [2.75, 3.05) is 39.3 Å². The maximum atomic E-state index is 12.5. The summed E-state index contributed by atoms with van der Waals surface area (Å²) in [7, 11) is 0. The van der Waals surface area contributed by atoms with E-state index in [1.54, 1.807) is 18.2 Å². The molecule has 2 amide bonds. The molecule has 2 saturated heterocycles. The van der Waals surface area contributed by atoms with E-state index in [2.05, 4.69) is 39.3 Å². The van der Waals surface area contributed by atoms with E-state index in [1.165, 1.54) is 12.8 Å². The minimum absolute atomic E-state index is 0.217. The van der Waals surface area contributed by atoms with Crippen molar-refractivity contribution < 1.29 is 9.59 Å². The molecule has 2 unspecified atom stereocenters. The number of hydrogen-bond donors (Lipinski definition) is 2. The average molecular weight is 388 g/mol. The molecule has 0 bridgehead atoms. The molecule has 7 heteroatoms. The van der Waals surface area contributed by atoms with E-state index in [-0.39, 0.29) is 11.8 Å². The van der Waals surface area contributed by atoms with Crippen LogP contribution in [0.15, 0.2) is 18.2 Å². The lowest BCUT2D eigenvalue weighted by Gasteiger charge is -2.23. The van der Waals surface area contributed by atoms with Gasteiger partial charge in [-0.2, -0.15) is 0 Å².